The van der Waals surface area contributed by atoms with Crippen LogP contribution in [0.1, 0.15) is 5.56 Å². The van der Waals surface area contributed by atoms with Gasteiger partial charge in [-0.3, -0.25) is 0 Å². The third kappa shape index (κ3) is 3.08. The number of ether oxygens (including phenoxy) is 2. The predicted octanol–water partition coefficient (Wildman–Crippen LogP) is 3.67. The van der Waals surface area contributed by atoms with Gasteiger partial charge in [-0.15, -0.1) is 0 Å². The third-order valence-electron chi connectivity index (χ3n) is 2.95. The Bertz CT molecular complexity index is 602. The molecule has 2 N–H and O–H groups in total. The molecule has 0 aliphatic rings. The molecule has 5 heteroatoms. The van der Waals surface area contributed by atoms with Gasteiger partial charge < -0.3 is 19.9 Å². The largest absolute Gasteiger partial charge is 0.506 e. The Morgan fingerprint density at radius 2 is 1.95 bits per heavy atom. The molecule has 2 aromatic carbocycles. The topological polar surface area (TPSA) is 50.7 Å². The van der Waals surface area contributed by atoms with E-state index in [1.54, 1.807) is 32.4 Å². The first kappa shape index (κ1) is 14.3. The number of rotatable bonds is 5. The predicted molar refractivity (Wildman–Crippen MR) is 80.0 cm³/mol. The van der Waals surface area contributed by atoms with E-state index >= 15 is 0 Å². The fraction of sp³-hybridized carbons (Fsp3) is 0.200. The van der Waals surface area contributed by atoms with E-state index < -0.39 is 0 Å². The van der Waals surface area contributed by atoms with Crippen LogP contribution in [0.3, 0.4) is 0 Å². The highest BCUT2D eigenvalue weighted by molar-refractivity contribution is 6.32. The number of anilines is 1. The van der Waals surface area contributed by atoms with Crippen molar-refractivity contribution >= 4 is 17.3 Å². The van der Waals surface area contributed by atoms with Crippen molar-refractivity contribution in [3.05, 3.63) is 47.0 Å². The molecule has 106 valence electrons. The van der Waals surface area contributed by atoms with Crippen LogP contribution in [0, 0.1) is 0 Å². The number of aromatic hydroxyl groups is 1. The van der Waals surface area contributed by atoms with Crippen molar-refractivity contribution in [3.63, 3.8) is 0 Å². The minimum atomic E-state index is 0.0866. The molecule has 0 bridgehead atoms. The first-order chi connectivity index (χ1) is 9.65. The normalized spacial score (nSPS) is 10.2. The Hall–Kier alpha value is -2.07. The second-order valence-corrected chi connectivity index (χ2v) is 4.57. The molecule has 0 unspecified atom stereocenters. The van der Waals surface area contributed by atoms with E-state index in [0.29, 0.717) is 22.9 Å². The van der Waals surface area contributed by atoms with Crippen LogP contribution < -0.4 is 14.8 Å². The van der Waals surface area contributed by atoms with Crippen LogP contribution in [0.2, 0.25) is 5.02 Å². The highest BCUT2D eigenvalue weighted by atomic mass is 35.5. The maximum Gasteiger partial charge on any atom is 0.142 e. The lowest BCUT2D eigenvalue weighted by atomic mass is 10.2. The van der Waals surface area contributed by atoms with Crippen molar-refractivity contribution in [3.8, 4) is 17.2 Å². The van der Waals surface area contributed by atoms with Crippen LogP contribution in [-0.2, 0) is 6.54 Å². The van der Waals surface area contributed by atoms with E-state index in [1.807, 2.05) is 18.2 Å². The van der Waals surface area contributed by atoms with Crippen molar-refractivity contribution in [1.29, 1.82) is 0 Å². The van der Waals surface area contributed by atoms with Crippen molar-refractivity contribution in [2.45, 2.75) is 6.54 Å². The molecule has 2 rings (SSSR count). The molecule has 0 saturated carbocycles. The number of phenols is 1. The number of nitrogens with one attached hydrogen (secondary N) is 1. The molecule has 0 saturated heterocycles. The van der Waals surface area contributed by atoms with E-state index in [1.165, 1.54) is 0 Å². The maximum atomic E-state index is 9.87. The molecule has 0 fully saturated rings. The lowest BCUT2D eigenvalue weighted by molar-refractivity contribution is 0.404. The molecule has 0 spiro atoms. The summed E-state index contributed by atoms with van der Waals surface area (Å²) in [6.07, 6.45) is 0. The van der Waals surface area contributed by atoms with Crippen LogP contribution in [-0.4, -0.2) is 19.3 Å². The lowest BCUT2D eigenvalue weighted by Gasteiger charge is -2.13. The molecule has 0 amide bonds. The molecule has 20 heavy (non-hydrogen) atoms. The minimum Gasteiger partial charge on any atom is -0.506 e. The summed E-state index contributed by atoms with van der Waals surface area (Å²) in [7, 11) is 3.21. The number of para-hydroxylation sites is 1. The second-order valence-electron chi connectivity index (χ2n) is 4.17. The molecular formula is C15H16ClNO3. The zero-order valence-corrected chi connectivity index (χ0v) is 12.1. The van der Waals surface area contributed by atoms with Gasteiger partial charge in [0.05, 0.1) is 24.9 Å². The zero-order valence-electron chi connectivity index (χ0n) is 11.3. The molecule has 0 aliphatic carbocycles. The Balaban J connectivity index is 2.19. The fourth-order valence-electron chi connectivity index (χ4n) is 1.85. The van der Waals surface area contributed by atoms with Gasteiger partial charge >= 0.3 is 0 Å². The summed E-state index contributed by atoms with van der Waals surface area (Å²) in [5.41, 5.74) is 1.49. The lowest BCUT2D eigenvalue weighted by Crippen LogP contribution is -2.02. The second kappa shape index (κ2) is 6.39. The Morgan fingerprint density at radius 1 is 1.15 bits per heavy atom. The van der Waals surface area contributed by atoms with Crippen LogP contribution in [0.5, 0.6) is 17.2 Å². The van der Waals surface area contributed by atoms with Crippen LogP contribution >= 0.6 is 11.6 Å². The van der Waals surface area contributed by atoms with Gasteiger partial charge in [-0.1, -0.05) is 23.7 Å². The van der Waals surface area contributed by atoms with E-state index in [-0.39, 0.29) is 5.75 Å². The first-order valence-corrected chi connectivity index (χ1v) is 6.45. The quantitative estimate of drug-likeness (QED) is 0.883. The summed E-state index contributed by atoms with van der Waals surface area (Å²) in [5, 5.41) is 13.4. The monoisotopic (exact) mass is 293 g/mol. The van der Waals surface area contributed by atoms with Crippen molar-refractivity contribution in [2.24, 2.45) is 0 Å². The summed E-state index contributed by atoms with van der Waals surface area (Å²) in [5.74, 6) is 1.51. The van der Waals surface area contributed by atoms with E-state index in [2.05, 4.69) is 5.32 Å². The smallest absolute Gasteiger partial charge is 0.142 e. The van der Waals surface area contributed by atoms with Crippen molar-refractivity contribution in [1.82, 2.24) is 0 Å². The molecule has 0 heterocycles. The summed E-state index contributed by atoms with van der Waals surface area (Å²) in [4.78, 5) is 0. The molecule has 0 atom stereocenters. The maximum absolute atomic E-state index is 9.87. The van der Waals surface area contributed by atoms with Crippen LogP contribution in [0.25, 0.3) is 0 Å². The molecule has 0 aliphatic heterocycles. The summed E-state index contributed by atoms with van der Waals surface area (Å²) in [6.45, 7) is 0.427. The van der Waals surface area contributed by atoms with Crippen molar-refractivity contribution < 1.29 is 14.6 Å². The van der Waals surface area contributed by atoms with Gasteiger partial charge in [0, 0.05) is 18.2 Å². The van der Waals surface area contributed by atoms with E-state index in [4.69, 9.17) is 21.1 Å². The fourth-order valence-corrected chi connectivity index (χ4v) is 2.04. The minimum absolute atomic E-state index is 0.0866. The molecule has 4 nitrogen and oxygen atoms in total. The summed E-state index contributed by atoms with van der Waals surface area (Å²) < 4.78 is 10.5. The molecule has 0 radical (unpaired) electrons. The molecule has 0 aromatic heterocycles. The number of hydrogen-bond donors (Lipinski definition) is 2. The van der Waals surface area contributed by atoms with Gasteiger partial charge in [0.2, 0.25) is 0 Å². The number of methoxy groups -OCH3 is 2. The highest BCUT2D eigenvalue weighted by Gasteiger charge is 2.08. The summed E-state index contributed by atoms with van der Waals surface area (Å²) in [6, 6.07) is 10.7. The standard InChI is InChI=1S/C15H16ClNO3/c1-19-11-6-7-14(20-2)13(8-11)17-9-10-4-3-5-12(16)15(10)18/h3-8,17-18H,9H2,1-2H3. The average molecular weight is 294 g/mol. The van der Waals surface area contributed by atoms with Gasteiger partial charge in [-0.2, -0.15) is 0 Å². The number of hydrogen-bond acceptors (Lipinski definition) is 4. The Labute approximate surface area is 122 Å². The van der Waals surface area contributed by atoms with Crippen LogP contribution in [0.4, 0.5) is 5.69 Å². The first-order valence-electron chi connectivity index (χ1n) is 6.08. The number of benzene rings is 2. The van der Waals surface area contributed by atoms with Gasteiger partial charge in [0.1, 0.15) is 17.2 Å². The highest BCUT2D eigenvalue weighted by Crippen LogP contribution is 2.31. The zero-order chi connectivity index (χ0) is 14.5. The van der Waals surface area contributed by atoms with Gasteiger partial charge in [0.15, 0.2) is 0 Å². The van der Waals surface area contributed by atoms with E-state index in [0.717, 1.165) is 11.4 Å². The SMILES string of the molecule is COc1ccc(OC)c(NCc2cccc(Cl)c2O)c1. The van der Waals surface area contributed by atoms with Gasteiger partial charge in [-0.05, 0) is 18.2 Å². The van der Waals surface area contributed by atoms with Crippen molar-refractivity contribution in [2.75, 3.05) is 19.5 Å². The molecule has 2 aromatic rings. The van der Waals surface area contributed by atoms with Crippen LogP contribution in [0.15, 0.2) is 36.4 Å². The number of phenolic OH excluding ortho intramolecular Hbond substituents is 1. The van der Waals surface area contributed by atoms with Gasteiger partial charge in [0.25, 0.3) is 0 Å². The Kier molecular flexibility index (Phi) is 4.58. The Morgan fingerprint density at radius 3 is 2.65 bits per heavy atom. The number of halogens is 1. The van der Waals surface area contributed by atoms with E-state index in [9.17, 15) is 5.11 Å². The van der Waals surface area contributed by atoms with Gasteiger partial charge in [-0.25, -0.2) is 0 Å². The third-order valence-corrected chi connectivity index (χ3v) is 3.25. The molecular weight excluding hydrogens is 278 g/mol. The average Bonchev–Trinajstić information content (AvgIpc) is 2.48. The summed E-state index contributed by atoms with van der Waals surface area (Å²) >= 11 is 5.88.